The summed E-state index contributed by atoms with van der Waals surface area (Å²) >= 11 is 0. The number of benzene rings is 3. The van der Waals surface area contributed by atoms with Crippen LogP contribution in [-0.2, 0) is 0 Å². The van der Waals surface area contributed by atoms with Crippen molar-refractivity contribution in [2.75, 3.05) is 45.7 Å². The average molecular weight is 543 g/mol. The molecule has 4 aromatic rings. The van der Waals surface area contributed by atoms with Gasteiger partial charge in [0.1, 0.15) is 17.3 Å². The fraction of sp³-hybridized carbons (Fsp3) is 0.226. The van der Waals surface area contributed by atoms with Crippen LogP contribution in [0.25, 0.3) is 16.9 Å². The zero-order valence-corrected chi connectivity index (χ0v) is 22.7. The van der Waals surface area contributed by atoms with Gasteiger partial charge in [-0.3, -0.25) is 4.79 Å². The Hall–Kier alpha value is -4.79. The van der Waals surface area contributed by atoms with Gasteiger partial charge in [0.15, 0.2) is 0 Å². The van der Waals surface area contributed by atoms with Gasteiger partial charge in [0, 0.05) is 37.6 Å². The second-order valence-electron chi connectivity index (χ2n) is 9.48. The highest BCUT2D eigenvalue weighted by Crippen LogP contribution is 2.32. The molecule has 0 unspecified atom stereocenters. The number of ether oxygens (including phenoxy) is 2. The maximum Gasteiger partial charge on any atom is 0.321 e. The number of anilines is 1. The first-order chi connectivity index (χ1) is 19.4. The molecular weight excluding hydrogens is 511 g/mol. The van der Waals surface area contributed by atoms with Gasteiger partial charge in [-0.15, -0.1) is 0 Å². The minimum absolute atomic E-state index is 0.155. The van der Waals surface area contributed by atoms with Crippen LogP contribution in [0.3, 0.4) is 0 Å². The second-order valence-corrected chi connectivity index (χ2v) is 9.48. The van der Waals surface area contributed by atoms with E-state index in [-0.39, 0.29) is 17.8 Å². The first kappa shape index (κ1) is 26.8. The lowest BCUT2D eigenvalue weighted by atomic mass is 10.1. The van der Waals surface area contributed by atoms with E-state index >= 15 is 0 Å². The van der Waals surface area contributed by atoms with Crippen molar-refractivity contribution in [1.29, 1.82) is 0 Å². The molecule has 3 amide bonds. The largest absolute Gasteiger partial charge is 0.497 e. The van der Waals surface area contributed by atoms with Crippen LogP contribution < -0.4 is 14.8 Å². The molecule has 1 aromatic heterocycles. The van der Waals surface area contributed by atoms with Crippen LogP contribution in [-0.4, -0.2) is 66.7 Å². The molecular formula is C31H31FN4O4. The normalized spacial score (nSPS) is 13.2. The highest BCUT2D eigenvalue weighted by molar-refractivity contribution is 5.98. The van der Waals surface area contributed by atoms with Gasteiger partial charge in [-0.25, -0.2) is 9.18 Å². The number of hydrogen-bond donors (Lipinski definition) is 1. The second kappa shape index (κ2) is 11.5. The monoisotopic (exact) mass is 542 g/mol. The summed E-state index contributed by atoms with van der Waals surface area (Å²) in [6, 6.07) is 22.7. The number of methoxy groups -OCH3 is 2. The third-order valence-electron chi connectivity index (χ3n) is 7.15. The molecule has 9 heteroatoms. The Morgan fingerprint density at radius 2 is 1.38 bits per heavy atom. The molecule has 1 fully saturated rings. The first-order valence-electron chi connectivity index (χ1n) is 13.0. The molecule has 1 aliphatic rings. The summed E-state index contributed by atoms with van der Waals surface area (Å²) in [5.41, 5.74) is 3.69. The molecule has 206 valence electrons. The predicted molar refractivity (Wildman–Crippen MR) is 152 cm³/mol. The van der Waals surface area contributed by atoms with Crippen molar-refractivity contribution in [2.45, 2.75) is 6.92 Å². The van der Waals surface area contributed by atoms with E-state index in [1.165, 1.54) is 6.07 Å². The highest BCUT2D eigenvalue weighted by atomic mass is 19.1. The van der Waals surface area contributed by atoms with E-state index in [1.807, 2.05) is 37.3 Å². The number of hydrogen-bond acceptors (Lipinski definition) is 4. The summed E-state index contributed by atoms with van der Waals surface area (Å²) in [5, 5.41) is 2.89. The minimum Gasteiger partial charge on any atom is -0.497 e. The Morgan fingerprint density at radius 3 is 1.98 bits per heavy atom. The molecule has 2 heterocycles. The van der Waals surface area contributed by atoms with Gasteiger partial charge in [-0.05, 0) is 79.2 Å². The summed E-state index contributed by atoms with van der Waals surface area (Å²) in [6.45, 7) is 3.39. The number of nitrogens with zero attached hydrogens (tertiary/aromatic N) is 3. The van der Waals surface area contributed by atoms with Gasteiger partial charge in [0.05, 0.1) is 31.2 Å². The molecule has 40 heavy (non-hydrogen) atoms. The number of para-hydroxylation sites is 1. The molecule has 0 radical (unpaired) electrons. The van der Waals surface area contributed by atoms with Crippen molar-refractivity contribution >= 4 is 17.6 Å². The van der Waals surface area contributed by atoms with Gasteiger partial charge in [0.25, 0.3) is 5.91 Å². The molecule has 5 rings (SSSR count). The number of piperazine rings is 1. The van der Waals surface area contributed by atoms with Crippen LogP contribution in [0.15, 0.2) is 78.9 Å². The van der Waals surface area contributed by atoms with Crippen LogP contribution in [0.2, 0.25) is 0 Å². The van der Waals surface area contributed by atoms with E-state index < -0.39 is 0 Å². The molecule has 1 aliphatic heterocycles. The van der Waals surface area contributed by atoms with Crippen LogP contribution >= 0.6 is 0 Å². The number of halogens is 1. The predicted octanol–water partition coefficient (Wildman–Crippen LogP) is 5.60. The zero-order chi connectivity index (χ0) is 28.2. The van der Waals surface area contributed by atoms with Gasteiger partial charge in [-0.2, -0.15) is 0 Å². The first-order valence-corrected chi connectivity index (χ1v) is 13.0. The fourth-order valence-corrected chi connectivity index (χ4v) is 4.90. The number of urea groups is 1. The lowest BCUT2D eigenvalue weighted by Gasteiger charge is -2.34. The van der Waals surface area contributed by atoms with Crippen molar-refractivity contribution in [1.82, 2.24) is 14.4 Å². The topological polar surface area (TPSA) is 76.0 Å². The summed E-state index contributed by atoms with van der Waals surface area (Å²) < 4.78 is 27.2. The quantitative estimate of drug-likeness (QED) is 0.344. The molecule has 1 saturated heterocycles. The molecule has 1 N–H and O–H groups in total. The Morgan fingerprint density at radius 1 is 0.800 bits per heavy atom. The smallest absolute Gasteiger partial charge is 0.321 e. The Kier molecular flexibility index (Phi) is 7.72. The SMILES string of the molecule is COc1ccc(NC(=O)N2CCN(C(=O)c3cc(-c4ccc(OC)cc4)n(-c4ccccc4F)c3C)CC2)cc1. The maximum absolute atomic E-state index is 15.0. The Labute approximate surface area is 232 Å². The van der Waals surface area contributed by atoms with Gasteiger partial charge in [-0.1, -0.05) is 12.1 Å². The highest BCUT2D eigenvalue weighted by Gasteiger charge is 2.28. The molecule has 0 aliphatic carbocycles. The van der Waals surface area contributed by atoms with E-state index in [4.69, 9.17) is 9.47 Å². The number of carbonyl (C=O) groups excluding carboxylic acids is 2. The van der Waals surface area contributed by atoms with Crippen molar-refractivity contribution in [3.8, 4) is 28.4 Å². The van der Waals surface area contributed by atoms with Crippen LogP contribution in [0.4, 0.5) is 14.9 Å². The van der Waals surface area contributed by atoms with Crippen LogP contribution in [0.1, 0.15) is 16.1 Å². The van der Waals surface area contributed by atoms with Gasteiger partial charge >= 0.3 is 6.03 Å². The van der Waals surface area contributed by atoms with E-state index in [0.29, 0.717) is 66.0 Å². The van der Waals surface area contributed by atoms with Crippen molar-refractivity contribution in [3.05, 3.63) is 95.9 Å². The molecule has 8 nitrogen and oxygen atoms in total. The summed E-state index contributed by atoms with van der Waals surface area (Å²) in [6.07, 6.45) is 0. The maximum atomic E-state index is 15.0. The third kappa shape index (κ3) is 5.36. The molecule has 0 saturated carbocycles. The lowest BCUT2D eigenvalue weighted by molar-refractivity contribution is 0.0671. The average Bonchev–Trinajstić information content (AvgIpc) is 3.34. The molecule has 0 spiro atoms. The van der Waals surface area contributed by atoms with Crippen molar-refractivity contribution < 1.29 is 23.5 Å². The van der Waals surface area contributed by atoms with E-state index in [2.05, 4.69) is 5.32 Å². The number of amides is 3. The lowest BCUT2D eigenvalue weighted by Crippen LogP contribution is -2.51. The molecule has 3 aromatic carbocycles. The Balaban J connectivity index is 1.36. The van der Waals surface area contributed by atoms with Gasteiger partial charge in [0.2, 0.25) is 0 Å². The standard InChI is InChI=1S/C31H31FN4O4/c1-21-26(20-29(22-8-12-24(39-2)13-9-22)36(21)28-7-5-4-6-27(28)32)30(37)34-16-18-35(19-17-34)31(38)33-23-10-14-25(40-3)15-11-23/h4-15,20H,16-19H2,1-3H3,(H,33,38). The third-order valence-corrected chi connectivity index (χ3v) is 7.15. The number of carbonyl (C=O) groups is 2. The molecule has 0 bridgehead atoms. The van der Waals surface area contributed by atoms with Crippen molar-refractivity contribution in [2.24, 2.45) is 0 Å². The fourth-order valence-electron chi connectivity index (χ4n) is 4.90. The summed E-state index contributed by atoms with van der Waals surface area (Å²) in [4.78, 5) is 30.0. The zero-order valence-electron chi connectivity index (χ0n) is 22.7. The van der Waals surface area contributed by atoms with E-state index in [9.17, 15) is 14.0 Å². The van der Waals surface area contributed by atoms with Crippen molar-refractivity contribution in [3.63, 3.8) is 0 Å². The Bertz CT molecular complexity index is 1510. The number of aromatic nitrogens is 1. The minimum atomic E-state index is -0.383. The number of rotatable bonds is 6. The summed E-state index contributed by atoms with van der Waals surface area (Å²) in [7, 11) is 3.19. The van der Waals surface area contributed by atoms with Crippen LogP contribution in [0, 0.1) is 12.7 Å². The van der Waals surface area contributed by atoms with Gasteiger partial charge < -0.3 is 29.2 Å². The molecule has 0 atom stereocenters. The van der Waals surface area contributed by atoms with E-state index in [0.717, 1.165) is 5.56 Å². The van der Waals surface area contributed by atoms with E-state index in [1.54, 1.807) is 71.1 Å². The number of nitrogens with one attached hydrogen (secondary N) is 1. The summed E-state index contributed by atoms with van der Waals surface area (Å²) in [5.74, 6) is 0.873. The van der Waals surface area contributed by atoms with Crippen LogP contribution in [0.5, 0.6) is 11.5 Å².